The van der Waals surface area contributed by atoms with E-state index in [0.717, 1.165) is 19.3 Å². The Kier molecular flexibility index (Phi) is 2.91. The van der Waals surface area contributed by atoms with Crippen molar-refractivity contribution in [3.05, 3.63) is 0 Å². The predicted molar refractivity (Wildman–Crippen MR) is 56.3 cm³/mol. The molecule has 3 N–H and O–H groups in total. The number of amides is 1. The highest BCUT2D eigenvalue weighted by Gasteiger charge is 2.46. The number of carbonyl (C=O) groups is 1. The van der Waals surface area contributed by atoms with E-state index in [1.807, 2.05) is 13.8 Å². The molecule has 74 valence electrons. The molecule has 1 fully saturated rings. The van der Waals surface area contributed by atoms with Gasteiger partial charge in [0, 0.05) is 6.04 Å². The van der Waals surface area contributed by atoms with E-state index in [9.17, 15) is 4.79 Å². The van der Waals surface area contributed by atoms with Gasteiger partial charge in [-0.15, -0.1) is 0 Å². The molecule has 4 heteroatoms. The Morgan fingerprint density at radius 3 is 2.31 bits per heavy atom. The Morgan fingerprint density at radius 1 is 1.54 bits per heavy atom. The SMILES string of the molecule is CC(C)NC(=O)C1(C(N)=S)CCC1. The quantitative estimate of drug-likeness (QED) is 0.667. The lowest BCUT2D eigenvalue weighted by Crippen LogP contribution is -2.54. The van der Waals surface area contributed by atoms with Crippen LogP contribution in [0.15, 0.2) is 0 Å². The first-order valence-corrected chi connectivity index (χ1v) is 5.01. The summed E-state index contributed by atoms with van der Waals surface area (Å²) in [7, 11) is 0. The lowest BCUT2D eigenvalue weighted by Gasteiger charge is -2.39. The van der Waals surface area contributed by atoms with Crippen molar-refractivity contribution in [3.63, 3.8) is 0 Å². The summed E-state index contributed by atoms with van der Waals surface area (Å²) >= 11 is 4.93. The average molecular weight is 200 g/mol. The lowest BCUT2D eigenvalue weighted by atomic mass is 9.68. The maximum atomic E-state index is 11.7. The fraction of sp³-hybridized carbons (Fsp3) is 0.778. The summed E-state index contributed by atoms with van der Waals surface area (Å²) < 4.78 is 0. The molecular weight excluding hydrogens is 184 g/mol. The summed E-state index contributed by atoms with van der Waals surface area (Å²) in [4.78, 5) is 12.1. The molecule has 13 heavy (non-hydrogen) atoms. The minimum absolute atomic E-state index is 0.00116. The summed E-state index contributed by atoms with van der Waals surface area (Å²) in [6, 6.07) is 0.152. The van der Waals surface area contributed by atoms with Crippen LogP contribution in [-0.4, -0.2) is 16.9 Å². The third kappa shape index (κ3) is 1.82. The molecule has 0 aromatic heterocycles. The molecule has 0 aromatic rings. The summed E-state index contributed by atoms with van der Waals surface area (Å²) in [5.74, 6) is 0.00116. The van der Waals surface area contributed by atoms with Crippen LogP contribution in [0.25, 0.3) is 0 Å². The van der Waals surface area contributed by atoms with Crippen LogP contribution in [-0.2, 0) is 4.79 Å². The number of thiocarbonyl (C=S) groups is 1. The fourth-order valence-electron chi connectivity index (χ4n) is 1.52. The summed E-state index contributed by atoms with van der Waals surface area (Å²) in [5.41, 5.74) is 5.05. The molecular formula is C9H16N2OS. The first-order chi connectivity index (χ1) is 5.99. The number of nitrogens with two attached hydrogens (primary N) is 1. The van der Waals surface area contributed by atoms with Gasteiger partial charge >= 0.3 is 0 Å². The first kappa shape index (κ1) is 10.4. The third-order valence-electron chi connectivity index (χ3n) is 2.53. The molecule has 1 aliphatic rings. The fourth-order valence-corrected chi connectivity index (χ4v) is 1.81. The summed E-state index contributed by atoms with van der Waals surface area (Å²) in [5, 5.41) is 2.86. The van der Waals surface area contributed by atoms with Crippen LogP contribution in [0.3, 0.4) is 0 Å². The average Bonchev–Trinajstić information content (AvgIpc) is 1.79. The van der Waals surface area contributed by atoms with Crippen LogP contribution in [0.1, 0.15) is 33.1 Å². The number of hydrogen-bond acceptors (Lipinski definition) is 2. The van der Waals surface area contributed by atoms with Gasteiger partial charge in [0.1, 0.15) is 0 Å². The number of nitrogens with one attached hydrogen (secondary N) is 1. The van der Waals surface area contributed by atoms with E-state index in [1.165, 1.54) is 0 Å². The highest BCUT2D eigenvalue weighted by Crippen LogP contribution is 2.41. The number of rotatable bonds is 3. The molecule has 0 radical (unpaired) electrons. The highest BCUT2D eigenvalue weighted by atomic mass is 32.1. The second-order valence-corrected chi connectivity index (χ2v) is 4.37. The molecule has 0 aromatic carbocycles. The number of hydrogen-bond donors (Lipinski definition) is 2. The minimum atomic E-state index is -0.528. The molecule has 1 saturated carbocycles. The Morgan fingerprint density at radius 2 is 2.08 bits per heavy atom. The van der Waals surface area contributed by atoms with Crippen LogP contribution in [0.4, 0.5) is 0 Å². The van der Waals surface area contributed by atoms with E-state index >= 15 is 0 Å². The van der Waals surface area contributed by atoms with Crippen LogP contribution >= 0.6 is 12.2 Å². The van der Waals surface area contributed by atoms with Crippen LogP contribution in [0.5, 0.6) is 0 Å². The van der Waals surface area contributed by atoms with Crippen molar-refractivity contribution in [1.82, 2.24) is 5.32 Å². The van der Waals surface area contributed by atoms with Crippen molar-refractivity contribution in [1.29, 1.82) is 0 Å². The van der Waals surface area contributed by atoms with E-state index in [2.05, 4.69) is 5.32 Å². The zero-order valence-electron chi connectivity index (χ0n) is 8.09. The Bertz CT molecular complexity index is 234. The second-order valence-electron chi connectivity index (χ2n) is 3.93. The van der Waals surface area contributed by atoms with Crippen molar-refractivity contribution < 1.29 is 4.79 Å². The van der Waals surface area contributed by atoms with E-state index in [-0.39, 0.29) is 11.9 Å². The molecule has 3 nitrogen and oxygen atoms in total. The third-order valence-corrected chi connectivity index (χ3v) is 2.92. The molecule has 1 amide bonds. The van der Waals surface area contributed by atoms with E-state index < -0.39 is 5.41 Å². The highest BCUT2D eigenvalue weighted by molar-refractivity contribution is 7.80. The zero-order chi connectivity index (χ0) is 10.1. The molecule has 0 spiro atoms. The van der Waals surface area contributed by atoms with Crippen molar-refractivity contribution in [2.45, 2.75) is 39.2 Å². The van der Waals surface area contributed by atoms with E-state index in [4.69, 9.17) is 18.0 Å². The zero-order valence-corrected chi connectivity index (χ0v) is 8.91. The molecule has 0 heterocycles. The van der Waals surface area contributed by atoms with Gasteiger partial charge in [-0.1, -0.05) is 18.6 Å². The molecule has 0 atom stereocenters. The smallest absolute Gasteiger partial charge is 0.233 e. The monoisotopic (exact) mass is 200 g/mol. The molecule has 0 saturated heterocycles. The van der Waals surface area contributed by atoms with Gasteiger partial charge in [-0.2, -0.15) is 0 Å². The van der Waals surface area contributed by atoms with Crippen molar-refractivity contribution >= 4 is 23.1 Å². The van der Waals surface area contributed by atoms with Gasteiger partial charge in [-0.05, 0) is 26.7 Å². The molecule has 0 bridgehead atoms. The largest absolute Gasteiger partial charge is 0.392 e. The van der Waals surface area contributed by atoms with Gasteiger partial charge in [0.05, 0.1) is 10.4 Å². The van der Waals surface area contributed by atoms with Gasteiger partial charge in [0.15, 0.2) is 0 Å². The molecule has 0 unspecified atom stereocenters. The van der Waals surface area contributed by atoms with Gasteiger partial charge < -0.3 is 11.1 Å². The van der Waals surface area contributed by atoms with Gasteiger partial charge in [-0.25, -0.2) is 0 Å². The maximum Gasteiger partial charge on any atom is 0.233 e. The maximum absolute atomic E-state index is 11.7. The van der Waals surface area contributed by atoms with Gasteiger partial charge in [-0.3, -0.25) is 4.79 Å². The van der Waals surface area contributed by atoms with E-state index in [1.54, 1.807) is 0 Å². The summed E-state index contributed by atoms with van der Waals surface area (Å²) in [6.07, 6.45) is 2.66. The predicted octanol–water partition coefficient (Wildman–Crippen LogP) is 0.967. The van der Waals surface area contributed by atoms with Gasteiger partial charge in [0.2, 0.25) is 5.91 Å². The Balaban J connectivity index is 2.66. The first-order valence-electron chi connectivity index (χ1n) is 4.60. The minimum Gasteiger partial charge on any atom is -0.392 e. The summed E-state index contributed by atoms with van der Waals surface area (Å²) in [6.45, 7) is 3.87. The van der Waals surface area contributed by atoms with Crippen molar-refractivity contribution in [2.75, 3.05) is 0 Å². The molecule has 0 aliphatic heterocycles. The standard InChI is InChI=1S/C9H16N2OS/c1-6(2)11-8(12)9(7(10)13)4-3-5-9/h6H,3-5H2,1-2H3,(H2,10,13)(H,11,12). The van der Waals surface area contributed by atoms with Crippen molar-refractivity contribution in [2.24, 2.45) is 11.1 Å². The topological polar surface area (TPSA) is 55.1 Å². The normalized spacial score (nSPS) is 19.3. The Labute approximate surface area is 84.1 Å². The van der Waals surface area contributed by atoms with Crippen LogP contribution < -0.4 is 11.1 Å². The van der Waals surface area contributed by atoms with Crippen molar-refractivity contribution in [3.8, 4) is 0 Å². The molecule has 1 aliphatic carbocycles. The number of carbonyl (C=O) groups excluding carboxylic acids is 1. The van der Waals surface area contributed by atoms with Crippen LogP contribution in [0, 0.1) is 5.41 Å². The lowest BCUT2D eigenvalue weighted by molar-refractivity contribution is -0.131. The second kappa shape index (κ2) is 3.62. The van der Waals surface area contributed by atoms with Crippen LogP contribution in [0.2, 0.25) is 0 Å². The van der Waals surface area contributed by atoms with E-state index in [0.29, 0.717) is 4.99 Å². The molecule has 1 rings (SSSR count). The van der Waals surface area contributed by atoms with Gasteiger partial charge in [0.25, 0.3) is 0 Å². The Hall–Kier alpha value is -0.640.